The molecule has 0 bridgehead atoms. The fourth-order valence-electron chi connectivity index (χ4n) is 1.12. The predicted octanol–water partition coefficient (Wildman–Crippen LogP) is 0.795. The van der Waals surface area contributed by atoms with E-state index in [1.54, 1.807) is 0 Å². The second-order valence-corrected chi connectivity index (χ2v) is 3.12. The molecule has 0 radical (unpaired) electrons. The van der Waals surface area contributed by atoms with Crippen molar-refractivity contribution in [2.24, 2.45) is 11.7 Å². The normalized spacial score (nSPS) is 12.5. The van der Waals surface area contributed by atoms with Gasteiger partial charge in [0.15, 0.2) is 0 Å². The zero-order valence-electron chi connectivity index (χ0n) is 7.95. The average Bonchev–Trinajstić information content (AvgIpc) is 2.11. The fourth-order valence-corrected chi connectivity index (χ4v) is 1.12. The van der Waals surface area contributed by atoms with Gasteiger partial charge in [0.1, 0.15) is 5.78 Å². The molecule has 4 heteroatoms. The van der Waals surface area contributed by atoms with E-state index in [-0.39, 0.29) is 18.7 Å². The smallest absolute Gasteiger partial charge is 0.306 e. The summed E-state index contributed by atoms with van der Waals surface area (Å²) in [6.07, 6.45) is 2.43. The molecule has 0 spiro atoms. The summed E-state index contributed by atoms with van der Waals surface area (Å²) in [6.45, 7) is 1.93. The van der Waals surface area contributed by atoms with Crippen LogP contribution in [0.3, 0.4) is 0 Å². The van der Waals surface area contributed by atoms with E-state index >= 15 is 0 Å². The number of Topliss-reactive ketones (excluding diaryl/α,β-unsaturated/α-hetero) is 1. The van der Waals surface area contributed by atoms with Gasteiger partial charge in [-0.15, -0.1) is 0 Å². The van der Waals surface area contributed by atoms with Crippen molar-refractivity contribution >= 4 is 11.8 Å². The van der Waals surface area contributed by atoms with Gasteiger partial charge in [-0.1, -0.05) is 19.8 Å². The number of rotatable bonds is 7. The van der Waals surface area contributed by atoms with Crippen LogP contribution < -0.4 is 5.73 Å². The van der Waals surface area contributed by atoms with Crippen LogP contribution in [0.5, 0.6) is 0 Å². The van der Waals surface area contributed by atoms with Gasteiger partial charge in [-0.3, -0.25) is 9.59 Å². The quantitative estimate of drug-likeness (QED) is 0.617. The van der Waals surface area contributed by atoms with Gasteiger partial charge in [-0.05, 0) is 6.42 Å². The molecule has 0 fully saturated rings. The number of hydrogen-bond donors (Lipinski definition) is 2. The Bertz CT molecular complexity index is 180. The minimum Gasteiger partial charge on any atom is -0.481 e. The van der Waals surface area contributed by atoms with E-state index in [0.717, 1.165) is 12.8 Å². The molecule has 1 unspecified atom stereocenters. The highest BCUT2D eigenvalue weighted by Gasteiger charge is 2.19. The average molecular weight is 187 g/mol. The lowest BCUT2D eigenvalue weighted by atomic mass is 9.96. The summed E-state index contributed by atoms with van der Waals surface area (Å²) < 4.78 is 0. The standard InChI is InChI=1S/C9H17NO3/c1-2-3-4-7(9(12)13)5-8(11)6-10/h7H,2-6,10H2,1H3,(H,12,13). The highest BCUT2D eigenvalue weighted by molar-refractivity contribution is 5.84. The second kappa shape index (κ2) is 6.60. The molecule has 0 rings (SSSR count). The molecule has 13 heavy (non-hydrogen) atoms. The first-order valence-corrected chi connectivity index (χ1v) is 4.56. The summed E-state index contributed by atoms with van der Waals surface area (Å²) in [5.74, 6) is -1.62. The topological polar surface area (TPSA) is 80.4 Å². The number of unbranched alkanes of at least 4 members (excludes halogenated alkanes) is 1. The number of carbonyl (C=O) groups is 2. The van der Waals surface area contributed by atoms with Gasteiger partial charge in [0.25, 0.3) is 0 Å². The largest absolute Gasteiger partial charge is 0.481 e. The van der Waals surface area contributed by atoms with Gasteiger partial charge in [0.2, 0.25) is 0 Å². The number of aliphatic carboxylic acids is 1. The summed E-state index contributed by atoms with van der Waals surface area (Å²) in [6, 6.07) is 0. The van der Waals surface area contributed by atoms with Gasteiger partial charge >= 0.3 is 5.97 Å². The van der Waals surface area contributed by atoms with Crippen molar-refractivity contribution in [2.75, 3.05) is 6.54 Å². The molecule has 1 atom stereocenters. The lowest BCUT2D eigenvalue weighted by molar-refractivity contribution is -0.143. The van der Waals surface area contributed by atoms with E-state index in [0.29, 0.717) is 6.42 Å². The van der Waals surface area contributed by atoms with Gasteiger partial charge in [0.05, 0.1) is 12.5 Å². The van der Waals surface area contributed by atoms with E-state index in [1.165, 1.54) is 0 Å². The molecule has 0 heterocycles. The zero-order valence-corrected chi connectivity index (χ0v) is 7.95. The first-order chi connectivity index (χ1) is 6.11. The van der Waals surface area contributed by atoms with Crippen molar-refractivity contribution in [2.45, 2.75) is 32.6 Å². The number of nitrogens with two attached hydrogens (primary N) is 1. The molecule has 0 aliphatic rings. The first kappa shape index (κ1) is 12.1. The third kappa shape index (κ3) is 5.36. The van der Waals surface area contributed by atoms with Crippen LogP contribution in [0.2, 0.25) is 0 Å². The van der Waals surface area contributed by atoms with Crippen molar-refractivity contribution in [3.63, 3.8) is 0 Å². The number of carboxylic acid groups (broad SMARTS) is 1. The molecular weight excluding hydrogens is 170 g/mol. The first-order valence-electron chi connectivity index (χ1n) is 4.56. The summed E-state index contributed by atoms with van der Waals surface area (Å²) in [4.78, 5) is 21.6. The molecule has 0 aliphatic carbocycles. The number of ketones is 1. The molecule has 0 aromatic heterocycles. The lowest BCUT2D eigenvalue weighted by Crippen LogP contribution is -2.22. The Kier molecular flexibility index (Phi) is 6.14. The van der Waals surface area contributed by atoms with Gasteiger partial charge in [-0.25, -0.2) is 0 Å². The molecule has 0 amide bonds. The van der Waals surface area contributed by atoms with Crippen LogP contribution in [0.15, 0.2) is 0 Å². The van der Waals surface area contributed by atoms with E-state index in [4.69, 9.17) is 10.8 Å². The molecular formula is C9H17NO3. The molecule has 76 valence electrons. The fraction of sp³-hybridized carbons (Fsp3) is 0.778. The highest BCUT2D eigenvalue weighted by atomic mass is 16.4. The van der Waals surface area contributed by atoms with Gasteiger partial charge in [-0.2, -0.15) is 0 Å². The van der Waals surface area contributed by atoms with Gasteiger partial charge in [0, 0.05) is 6.42 Å². The third-order valence-electron chi connectivity index (χ3n) is 1.96. The highest BCUT2D eigenvalue weighted by Crippen LogP contribution is 2.13. The van der Waals surface area contributed by atoms with Gasteiger partial charge < -0.3 is 10.8 Å². The van der Waals surface area contributed by atoms with E-state index in [2.05, 4.69) is 0 Å². The predicted molar refractivity (Wildman–Crippen MR) is 49.3 cm³/mol. The maximum absolute atomic E-state index is 10.9. The third-order valence-corrected chi connectivity index (χ3v) is 1.96. The van der Waals surface area contributed by atoms with Crippen molar-refractivity contribution in [3.05, 3.63) is 0 Å². The van der Waals surface area contributed by atoms with Crippen LogP contribution in [0, 0.1) is 5.92 Å². The van der Waals surface area contributed by atoms with Crippen molar-refractivity contribution in [3.8, 4) is 0 Å². The number of hydrogen-bond acceptors (Lipinski definition) is 3. The van der Waals surface area contributed by atoms with Crippen LogP contribution in [-0.2, 0) is 9.59 Å². The maximum atomic E-state index is 10.9. The number of carboxylic acids is 1. The Morgan fingerprint density at radius 3 is 2.46 bits per heavy atom. The molecule has 3 N–H and O–H groups in total. The monoisotopic (exact) mass is 187 g/mol. The van der Waals surface area contributed by atoms with E-state index in [9.17, 15) is 9.59 Å². The minimum absolute atomic E-state index is 0.0596. The van der Waals surface area contributed by atoms with Crippen molar-refractivity contribution in [1.29, 1.82) is 0 Å². The summed E-state index contributed by atoms with van der Waals surface area (Å²) >= 11 is 0. The Morgan fingerprint density at radius 1 is 1.46 bits per heavy atom. The molecule has 0 saturated heterocycles. The van der Waals surface area contributed by atoms with Crippen molar-refractivity contribution < 1.29 is 14.7 Å². The number of carbonyl (C=O) groups excluding carboxylic acids is 1. The van der Waals surface area contributed by atoms with E-state index < -0.39 is 11.9 Å². The summed E-state index contributed by atoms with van der Waals surface area (Å²) in [5, 5.41) is 8.75. The van der Waals surface area contributed by atoms with Crippen LogP contribution in [0.25, 0.3) is 0 Å². The molecule has 0 aromatic rings. The van der Waals surface area contributed by atoms with Crippen LogP contribution in [0.4, 0.5) is 0 Å². The van der Waals surface area contributed by atoms with Crippen LogP contribution >= 0.6 is 0 Å². The van der Waals surface area contributed by atoms with Crippen LogP contribution in [0.1, 0.15) is 32.6 Å². The summed E-state index contributed by atoms with van der Waals surface area (Å²) in [7, 11) is 0. The molecule has 0 aliphatic heterocycles. The second-order valence-electron chi connectivity index (χ2n) is 3.12. The van der Waals surface area contributed by atoms with Crippen LogP contribution in [-0.4, -0.2) is 23.4 Å². The summed E-state index contributed by atoms with van der Waals surface area (Å²) in [5.41, 5.74) is 5.11. The Hall–Kier alpha value is -0.900. The Balaban J connectivity index is 3.94. The van der Waals surface area contributed by atoms with Crippen molar-refractivity contribution in [1.82, 2.24) is 0 Å². The molecule has 0 saturated carbocycles. The SMILES string of the molecule is CCCCC(CC(=O)CN)C(=O)O. The Morgan fingerprint density at radius 2 is 2.08 bits per heavy atom. The molecule has 0 aromatic carbocycles. The zero-order chi connectivity index (χ0) is 10.3. The lowest BCUT2D eigenvalue weighted by Gasteiger charge is -2.09. The minimum atomic E-state index is -0.893. The Labute approximate surface area is 78.1 Å². The maximum Gasteiger partial charge on any atom is 0.306 e. The van der Waals surface area contributed by atoms with E-state index in [1.807, 2.05) is 6.92 Å². The molecule has 4 nitrogen and oxygen atoms in total.